The number of anilines is 1. The number of imide groups is 1. The summed E-state index contributed by atoms with van der Waals surface area (Å²) < 4.78 is 40.0. The van der Waals surface area contributed by atoms with Crippen molar-refractivity contribution in [3.63, 3.8) is 0 Å². The molecule has 0 atom stereocenters. The van der Waals surface area contributed by atoms with E-state index < -0.39 is 29.2 Å². The molecule has 4 rings (SSSR count). The largest absolute Gasteiger partial charge is 0.417 e. The van der Waals surface area contributed by atoms with Gasteiger partial charge in [-0.1, -0.05) is 25.0 Å². The number of urea groups is 1. The minimum absolute atomic E-state index is 0.0186. The molecule has 2 aromatic rings. The molecule has 1 N–H and O–H groups in total. The highest BCUT2D eigenvalue weighted by Gasteiger charge is 2.39. The topological polar surface area (TPSA) is 95.5 Å². The second kappa shape index (κ2) is 9.16. The van der Waals surface area contributed by atoms with E-state index in [0.717, 1.165) is 23.5 Å². The fourth-order valence-electron chi connectivity index (χ4n) is 3.66. The zero-order chi connectivity index (χ0) is 23.6. The van der Waals surface area contributed by atoms with E-state index in [-0.39, 0.29) is 30.5 Å². The van der Waals surface area contributed by atoms with Crippen LogP contribution in [0.15, 0.2) is 36.4 Å². The van der Waals surface area contributed by atoms with Crippen molar-refractivity contribution >= 4 is 23.7 Å². The second-order valence-electron chi connectivity index (χ2n) is 8.05. The average molecular weight is 461 g/mol. The fraction of sp³-hybridized carbons (Fsp3) is 0.409. The van der Waals surface area contributed by atoms with Gasteiger partial charge in [-0.05, 0) is 43.0 Å². The zero-order valence-electron chi connectivity index (χ0n) is 17.6. The number of halogens is 3. The Morgan fingerprint density at radius 3 is 2.48 bits per heavy atom. The number of carbonyl (C=O) groups is 3. The van der Waals surface area contributed by atoms with Crippen molar-refractivity contribution in [1.29, 1.82) is 0 Å². The van der Waals surface area contributed by atoms with Crippen molar-refractivity contribution in [1.82, 2.24) is 20.4 Å². The summed E-state index contributed by atoms with van der Waals surface area (Å²) in [4.78, 5) is 39.9. The minimum Gasteiger partial charge on any atom is -0.351 e. The third kappa shape index (κ3) is 5.12. The molecule has 0 spiro atoms. The number of aromatic nitrogens is 2. The molecule has 11 heteroatoms. The summed E-state index contributed by atoms with van der Waals surface area (Å²) in [6, 6.07) is 6.41. The van der Waals surface area contributed by atoms with Crippen LogP contribution in [-0.2, 0) is 6.18 Å². The summed E-state index contributed by atoms with van der Waals surface area (Å²) in [5.41, 5.74) is -1.60. The van der Waals surface area contributed by atoms with Crippen LogP contribution in [0.25, 0.3) is 0 Å². The highest BCUT2D eigenvalue weighted by Crippen LogP contribution is 2.33. The van der Waals surface area contributed by atoms with E-state index in [1.54, 1.807) is 0 Å². The van der Waals surface area contributed by atoms with Crippen molar-refractivity contribution in [3.8, 4) is 0 Å². The predicted octanol–water partition coefficient (Wildman–Crippen LogP) is 3.50. The molecular formula is C22H22F3N5O3. The van der Waals surface area contributed by atoms with E-state index in [4.69, 9.17) is 0 Å². The number of carbonyl (C=O) groups excluding carboxylic acids is 3. The van der Waals surface area contributed by atoms with Crippen LogP contribution < -0.4 is 10.2 Å². The van der Waals surface area contributed by atoms with Crippen LogP contribution in [-0.4, -0.2) is 52.6 Å². The molecule has 1 aromatic heterocycles. The number of nitrogens with zero attached hydrogens (tertiary/aromatic N) is 4. The van der Waals surface area contributed by atoms with Crippen LogP contribution in [0.2, 0.25) is 0 Å². The maximum absolute atomic E-state index is 13.3. The Bertz CT molecular complexity index is 1050. The summed E-state index contributed by atoms with van der Waals surface area (Å²) in [7, 11) is 0. The van der Waals surface area contributed by atoms with Gasteiger partial charge in [0.15, 0.2) is 11.5 Å². The lowest BCUT2D eigenvalue weighted by molar-refractivity contribution is -0.138. The Kier molecular flexibility index (Phi) is 6.30. The molecule has 2 fully saturated rings. The van der Waals surface area contributed by atoms with E-state index in [0.29, 0.717) is 18.9 Å². The Morgan fingerprint density at radius 2 is 1.82 bits per heavy atom. The van der Waals surface area contributed by atoms with Gasteiger partial charge in [0.25, 0.3) is 11.8 Å². The molecule has 4 amide bonds. The first-order valence-corrected chi connectivity index (χ1v) is 10.7. The smallest absolute Gasteiger partial charge is 0.351 e. The van der Waals surface area contributed by atoms with E-state index in [1.807, 2.05) is 0 Å². The first-order valence-electron chi connectivity index (χ1n) is 10.7. The first-order chi connectivity index (χ1) is 15.8. The number of amides is 4. The Labute approximate surface area is 187 Å². The van der Waals surface area contributed by atoms with Gasteiger partial charge in [-0.3, -0.25) is 19.4 Å². The molecule has 1 saturated heterocycles. The second-order valence-corrected chi connectivity index (χ2v) is 8.05. The minimum atomic E-state index is -4.73. The van der Waals surface area contributed by atoms with Crippen molar-refractivity contribution in [3.05, 3.63) is 53.2 Å². The number of nitrogens with one attached hydrogen (secondary N) is 1. The van der Waals surface area contributed by atoms with Gasteiger partial charge in [0.05, 0.1) is 11.1 Å². The van der Waals surface area contributed by atoms with Crippen LogP contribution in [0.1, 0.15) is 52.1 Å². The SMILES string of the molecule is O=C(NCCC1CC1)c1ccc(N2CCCN(C(=O)c3ccccc3C(F)(F)F)C2=O)nn1. The standard InChI is InChI=1S/C22H22F3N5O3/c23-22(24,25)16-5-2-1-4-15(16)20(32)30-13-3-12-29(21(30)33)18-9-8-17(27-28-18)19(31)26-11-10-14-6-7-14/h1-2,4-5,8-9,14H,3,6-7,10-13H2,(H,26,31). The summed E-state index contributed by atoms with van der Waals surface area (Å²) in [5.74, 6) is -0.619. The summed E-state index contributed by atoms with van der Waals surface area (Å²) in [6.07, 6.45) is -1.09. The van der Waals surface area contributed by atoms with E-state index in [2.05, 4.69) is 15.5 Å². The summed E-state index contributed by atoms with van der Waals surface area (Å²) in [6.45, 7) is 0.744. The maximum Gasteiger partial charge on any atom is 0.417 e. The Morgan fingerprint density at radius 1 is 1.06 bits per heavy atom. The molecule has 1 saturated carbocycles. The molecule has 174 valence electrons. The quantitative estimate of drug-likeness (QED) is 0.711. The van der Waals surface area contributed by atoms with Crippen molar-refractivity contribution in [2.24, 2.45) is 5.92 Å². The van der Waals surface area contributed by atoms with Gasteiger partial charge in [-0.15, -0.1) is 10.2 Å². The number of rotatable bonds is 6. The van der Waals surface area contributed by atoms with Crippen molar-refractivity contribution < 1.29 is 27.6 Å². The van der Waals surface area contributed by atoms with Gasteiger partial charge in [0.2, 0.25) is 0 Å². The normalized spacial score (nSPS) is 16.6. The third-order valence-corrected chi connectivity index (χ3v) is 5.63. The van der Waals surface area contributed by atoms with Gasteiger partial charge in [0, 0.05) is 19.6 Å². The lowest BCUT2D eigenvalue weighted by Crippen LogP contribution is -2.52. The third-order valence-electron chi connectivity index (χ3n) is 5.63. The molecule has 0 unspecified atom stereocenters. The molecular weight excluding hydrogens is 439 g/mol. The fourth-order valence-corrected chi connectivity index (χ4v) is 3.66. The van der Waals surface area contributed by atoms with Gasteiger partial charge in [0.1, 0.15) is 0 Å². The number of alkyl halides is 3. The molecule has 33 heavy (non-hydrogen) atoms. The van der Waals surface area contributed by atoms with E-state index in [1.165, 1.54) is 42.0 Å². The molecule has 1 aliphatic heterocycles. The maximum atomic E-state index is 13.3. The van der Waals surface area contributed by atoms with Gasteiger partial charge in [-0.25, -0.2) is 4.79 Å². The van der Waals surface area contributed by atoms with Gasteiger partial charge < -0.3 is 5.32 Å². The molecule has 8 nitrogen and oxygen atoms in total. The number of hydrogen-bond donors (Lipinski definition) is 1. The van der Waals surface area contributed by atoms with Crippen LogP contribution in [0.3, 0.4) is 0 Å². The summed E-state index contributed by atoms with van der Waals surface area (Å²) in [5, 5.41) is 10.6. The monoisotopic (exact) mass is 461 g/mol. The van der Waals surface area contributed by atoms with Crippen molar-refractivity contribution in [2.45, 2.75) is 31.9 Å². The molecule has 0 radical (unpaired) electrons. The lowest BCUT2D eigenvalue weighted by Gasteiger charge is -2.33. The average Bonchev–Trinajstić information content (AvgIpc) is 3.63. The van der Waals surface area contributed by atoms with Crippen LogP contribution in [0.4, 0.5) is 23.8 Å². The highest BCUT2D eigenvalue weighted by atomic mass is 19.4. The highest BCUT2D eigenvalue weighted by molar-refractivity contribution is 6.09. The molecule has 1 aliphatic carbocycles. The summed E-state index contributed by atoms with van der Waals surface area (Å²) >= 11 is 0. The van der Waals surface area contributed by atoms with E-state index >= 15 is 0 Å². The zero-order valence-corrected chi connectivity index (χ0v) is 17.6. The van der Waals surface area contributed by atoms with Gasteiger partial charge >= 0.3 is 12.2 Å². The Balaban J connectivity index is 1.46. The van der Waals surface area contributed by atoms with Crippen LogP contribution in [0, 0.1) is 5.92 Å². The Hall–Kier alpha value is -3.50. The van der Waals surface area contributed by atoms with Gasteiger partial charge in [-0.2, -0.15) is 13.2 Å². The molecule has 2 aliphatic rings. The number of benzene rings is 1. The van der Waals surface area contributed by atoms with Crippen LogP contribution in [0.5, 0.6) is 0 Å². The molecule has 2 heterocycles. The lowest BCUT2D eigenvalue weighted by atomic mass is 10.1. The number of hydrogen-bond acceptors (Lipinski definition) is 5. The molecule has 1 aromatic carbocycles. The predicted molar refractivity (Wildman–Crippen MR) is 112 cm³/mol. The first kappa shape index (κ1) is 22.7. The van der Waals surface area contributed by atoms with Crippen LogP contribution >= 0.6 is 0 Å². The van der Waals surface area contributed by atoms with Crippen molar-refractivity contribution in [2.75, 3.05) is 24.5 Å². The van der Waals surface area contributed by atoms with E-state index in [9.17, 15) is 27.6 Å². The molecule has 0 bridgehead atoms.